The highest BCUT2D eigenvalue weighted by Crippen LogP contribution is 2.25. The largest absolute Gasteiger partial charge is 0.405 e. The first-order valence-electron chi connectivity index (χ1n) is 6.78. The van der Waals surface area contributed by atoms with Crippen LogP contribution in [-0.2, 0) is 10.2 Å². The lowest BCUT2D eigenvalue weighted by Gasteiger charge is -2.36. The average Bonchev–Trinajstić information content (AvgIpc) is 2.44. The molecular formula is C11H20F3N5O2S. The smallest absolute Gasteiger partial charge is 0.314 e. The van der Waals surface area contributed by atoms with E-state index in [0.717, 1.165) is 4.31 Å². The molecule has 11 heteroatoms. The molecule has 1 rings (SSSR count). The van der Waals surface area contributed by atoms with Crippen LogP contribution in [0.1, 0.15) is 6.42 Å². The van der Waals surface area contributed by atoms with Crippen molar-refractivity contribution in [2.24, 2.45) is 0 Å². The van der Waals surface area contributed by atoms with Crippen molar-refractivity contribution < 1.29 is 21.6 Å². The molecule has 1 aliphatic rings. The van der Waals surface area contributed by atoms with Crippen LogP contribution in [0.15, 0.2) is 0 Å². The topological polar surface area (TPSA) is 88.5 Å². The molecule has 0 amide bonds. The molecule has 0 spiro atoms. The number of hydrogen-bond donors (Lipinski definition) is 2. The lowest BCUT2D eigenvalue weighted by Crippen LogP contribution is -2.58. The van der Waals surface area contributed by atoms with E-state index in [1.54, 1.807) is 6.07 Å². The van der Waals surface area contributed by atoms with Gasteiger partial charge in [0, 0.05) is 52.7 Å². The molecule has 1 heterocycles. The number of alkyl halides is 3. The van der Waals surface area contributed by atoms with Gasteiger partial charge in [-0.3, -0.25) is 4.90 Å². The highest BCUT2D eigenvalue weighted by molar-refractivity contribution is 7.87. The van der Waals surface area contributed by atoms with Crippen LogP contribution in [0, 0.1) is 11.3 Å². The minimum Gasteiger partial charge on any atom is -0.314 e. The van der Waals surface area contributed by atoms with Gasteiger partial charge in [0.05, 0.1) is 6.07 Å². The number of rotatable bonds is 7. The second kappa shape index (κ2) is 8.07. The van der Waals surface area contributed by atoms with Crippen LogP contribution in [0.4, 0.5) is 13.2 Å². The Hall–Kier alpha value is -0.930. The maximum absolute atomic E-state index is 13.1. The van der Waals surface area contributed by atoms with Crippen LogP contribution in [-0.4, -0.2) is 76.2 Å². The van der Waals surface area contributed by atoms with Gasteiger partial charge in [0.2, 0.25) is 0 Å². The number of nitrogens with zero attached hydrogens (tertiary/aromatic N) is 3. The molecule has 7 nitrogen and oxygen atoms in total. The first-order chi connectivity index (χ1) is 10.2. The first-order valence-corrected chi connectivity index (χ1v) is 8.22. The number of halogens is 3. The van der Waals surface area contributed by atoms with Crippen molar-refractivity contribution in [3.8, 4) is 6.07 Å². The molecule has 128 valence electrons. The Bertz CT molecular complexity index is 485. The Morgan fingerprint density at radius 1 is 1.41 bits per heavy atom. The number of hydrogen-bond acceptors (Lipinski definition) is 5. The standard InChI is InChI=1S/C11H20F3N5O2S/c1-18(6-2-3-15)22(20,21)17-9-10(11(12,13)14)19-7-4-16-5-8-19/h10,16-17H,2,4-9H2,1H3. The summed E-state index contributed by atoms with van der Waals surface area (Å²) in [5, 5.41) is 11.4. The summed E-state index contributed by atoms with van der Waals surface area (Å²) in [6.45, 7) is 0.452. The zero-order valence-electron chi connectivity index (χ0n) is 12.2. The van der Waals surface area contributed by atoms with E-state index >= 15 is 0 Å². The third kappa shape index (κ3) is 5.69. The monoisotopic (exact) mass is 343 g/mol. The minimum atomic E-state index is -4.52. The maximum Gasteiger partial charge on any atom is 0.405 e. The summed E-state index contributed by atoms with van der Waals surface area (Å²) >= 11 is 0. The van der Waals surface area contributed by atoms with Gasteiger partial charge in [-0.1, -0.05) is 0 Å². The Labute approximate surface area is 128 Å². The van der Waals surface area contributed by atoms with E-state index in [1.165, 1.54) is 11.9 Å². The molecule has 0 aromatic carbocycles. The lowest BCUT2D eigenvalue weighted by atomic mass is 10.2. The number of nitrogens with one attached hydrogen (secondary N) is 2. The van der Waals surface area contributed by atoms with E-state index in [2.05, 4.69) is 5.32 Å². The molecule has 0 aromatic rings. The molecule has 1 aliphatic heterocycles. The van der Waals surface area contributed by atoms with Gasteiger partial charge in [-0.05, 0) is 0 Å². The van der Waals surface area contributed by atoms with Crippen molar-refractivity contribution in [3.05, 3.63) is 0 Å². The Kier molecular flexibility index (Phi) is 7.01. The molecule has 0 bridgehead atoms. The number of nitriles is 1. The maximum atomic E-state index is 13.1. The van der Waals surface area contributed by atoms with Crippen LogP contribution in [0.5, 0.6) is 0 Å². The van der Waals surface area contributed by atoms with Gasteiger partial charge in [-0.25, -0.2) is 4.72 Å². The van der Waals surface area contributed by atoms with E-state index in [9.17, 15) is 21.6 Å². The highest BCUT2D eigenvalue weighted by atomic mass is 32.2. The van der Waals surface area contributed by atoms with E-state index < -0.39 is 29.0 Å². The normalized spacial score (nSPS) is 19.1. The molecule has 1 atom stereocenters. The summed E-state index contributed by atoms with van der Waals surface area (Å²) in [5.74, 6) is 0. The molecule has 1 unspecified atom stereocenters. The molecule has 0 aromatic heterocycles. The summed E-state index contributed by atoms with van der Waals surface area (Å²) in [6.07, 6.45) is -4.55. The van der Waals surface area contributed by atoms with E-state index in [-0.39, 0.29) is 26.1 Å². The fourth-order valence-electron chi connectivity index (χ4n) is 2.07. The SMILES string of the molecule is CN(CCC#N)S(=O)(=O)NCC(N1CCNCC1)C(F)(F)F. The van der Waals surface area contributed by atoms with E-state index in [4.69, 9.17) is 5.26 Å². The van der Waals surface area contributed by atoms with Crippen LogP contribution < -0.4 is 10.0 Å². The van der Waals surface area contributed by atoms with Gasteiger partial charge in [-0.15, -0.1) is 0 Å². The highest BCUT2D eigenvalue weighted by Gasteiger charge is 2.44. The van der Waals surface area contributed by atoms with Crippen LogP contribution >= 0.6 is 0 Å². The van der Waals surface area contributed by atoms with Crippen molar-refractivity contribution >= 4 is 10.2 Å². The van der Waals surface area contributed by atoms with Gasteiger partial charge >= 0.3 is 6.18 Å². The fraction of sp³-hybridized carbons (Fsp3) is 0.909. The molecule has 0 radical (unpaired) electrons. The zero-order chi connectivity index (χ0) is 16.8. The molecule has 0 aliphatic carbocycles. The lowest BCUT2D eigenvalue weighted by molar-refractivity contribution is -0.182. The van der Waals surface area contributed by atoms with Crippen LogP contribution in [0.3, 0.4) is 0 Å². The minimum absolute atomic E-state index is 0.0299. The average molecular weight is 343 g/mol. The summed E-state index contributed by atoms with van der Waals surface area (Å²) in [4.78, 5) is 1.22. The van der Waals surface area contributed by atoms with Crippen molar-refractivity contribution in [2.75, 3.05) is 46.3 Å². The van der Waals surface area contributed by atoms with Crippen molar-refractivity contribution in [3.63, 3.8) is 0 Å². The third-order valence-electron chi connectivity index (χ3n) is 3.38. The molecule has 0 saturated carbocycles. The molecule has 22 heavy (non-hydrogen) atoms. The Morgan fingerprint density at radius 2 is 2.00 bits per heavy atom. The summed E-state index contributed by atoms with van der Waals surface area (Å²) in [6, 6.07) is -0.0844. The fourth-order valence-corrected chi connectivity index (χ4v) is 2.99. The van der Waals surface area contributed by atoms with Crippen molar-refractivity contribution in [2.45, 2.75) is 18.6 Å². The van der Waals surface area contributed by atoms with Crippen molar-refractivity contribution in [1.82, 2.24) is 19.2 Å². The predicted molar refractivity (Wildman–Crippen MR) is 74.1 cm³/mol. The summed E-state index contributed by atoms with van der Waals surface area (Å²) in [5.41, 5.74) is 0. The second-order valence-corrected chi connectivity index (χ2v) is 6.79. The van der Waals surface area contributed by atoms with Gasteiger partial charge in [0.1, 0.15) is 6.04 Å². The zero-order valence-corrected chi connectivity index (χ0v) is 13.0. The second-order valence-electron chi connectivity index (χ2n) is 4.93. The van der Waals surface area contributed by atoms with E-state index in [0.29, 0.717) is 13.1 Å². The van der Waals surface area contributed by atoms with Crippen LogP contribution in [0.2, 0.25) is 0 Å². The van der Waals surface area contributed by atoms with Gasteiger partial charge in [0.25, 0.3) is 10.2 Å². The van der Waals surface area contributed by atoms with Gasteiger partial charge < -0.3 is 5.32 Å². The van der Waals surface area contributed by atoms with E-state index in [1.807, 2.05) is 4.72 Å². The first kappa shape index (κ1) is 19.1. The summed E-state index contributed by atoms with van der Waals surface area (Å²) in [7, 11) is -2.82. The van der Waals surface area contributed by atoms with Crippen molar-refractivity contribution in [1.29, 1.82) is 5.26 Å². The molecule has 1 fully saturated rings. The molecular weight excluding hydrogens is 323 g/mol. The van der Waals surface area contributed by atoms with Gasteiger partial charge in [-0.2, -0.15) is 31.2 Å². The Morgan fingerprint density at radius 3 is 2.50 bits per heavy atom. The number of piperazine rings is 1. The molecule has 2 N–H and O–H groups in total. The predicted octanol–water partition coefficient (Wildman–Crippen LogP) is -0.498. The quantitative estimate of drug-likeness (QED) is 0.651. The Balaban J connectivity index is 2.68. The van der Waals surface area contributed by atoms with Gasteiger partial charge in [0.15, 0.2) is 0 Å². The third-order valence-corrected chi connectivity index (χ3v) is 4.91. The van der Waals surface area contributed by atoms with Crippen LogP contribution in [0.25, 0.3) is 0 Å². The summed E-state index contributed by atoms with van der Waals surface area (Å²) < 4.78 is 65.9. The molecule has 1 saturated heterocycles.